The number of benzene rings is 1. The Bertz CT molecular complexity index is 596. The summed E-state index contributed by atoms with van der Waals surface area (Å²) in [6.45, 7) is 2.94. The van der Waals surface area contributed by atoms with Gasteiger partial charge in [0.05, 0.1) is 24.3 Å². The molecule has 1 amide bonds. The van der Waals surface area contributed by atoms with Crippen molar-refractivity contribution in [3.05, 3.63) is 29.8 Å². The van der Waals surface area contributed by atoms with Gasteiger partial charge in [-0.15, -0.1) is 0 Å². The van der Waals surface area contributed by atoms with E-state index in [4.69, 9.17) is 0 Å². The van der Waals surface area contributed by atoms with E-state index in [1.807, 2.05) is 0 Å². The first kappa shape index (κ1) is 19.6. The van der Waals surface area contributed by atoms with Gasteiger partial charge >= 0.3 is 11.9 Å². The van der Waals surface area contributed by atoms with E-state index in [1.165, 1.54) is 26.2 Å². The van der Waals surface area contributed by atoms with Crippen LogP contribution in [0.1, 0.15) is 30.6 Å². The summed E-state index contributed by atoms with van der Waals surface area (Å²) in [7, 11) is 1.23. The van der Waals surface area contributed by atoms with Crippen molar-refractivity contribution in [1.82, 2.24) is 0 Å². The topological polar surface area (TPSA) is 113 Å². The second-order valence-electron chi connectivity index (χ2n) is 5.53. The average Bonchev–Trinajstić information content (AvgIpc) is 2.58. The van der Waals surface area contributed by atoms with Crippen molar-refractivity contribution < 1.29 is 29.3 Å². The molecule has 1 rings (SSSR count). The second kappa shape index (κ2) is 9.02. The fourth-order valence-electron chi connectivity index (χ4n) is 2.61. The Kier molecular flexibility index (Phi) is 7.38. The number of para-hydroxylation sites is 1. The molecule has 0 bridgehead atoms. The van der Waals surface area contributed by atoms with Gasteiger partial charge in [-0.3, -0.25) is 9.59 Å². The van der Waals surface area contributed by atoms with E-state index >= 15 is 0 Å². The zero-order chi connectivity index (χ0) is 18.3. The molecule has 0 heterocycles. The lowest BCUT2D eigenvalue weighted by molar-refractivity contribution is -0.149. The Morgan fingerprint density at radius 3 is 2.38 bits per heavy atom. The van der Waals surface area contributed by atoms with E-state index in [-0.39, 0.29) is 17.9 Å². The van der Waals surface area contributed by atoms with Gasteiger partial charge in [0, 0.05) is 12.5 Å². The molecule has 7 heteroatoms. The van der Waals surface area contributed by atoms with E-state index in [0.29, 0.717) is 6.42 Å². The highest BCUT2D eigenvalue weighted by Crippen LogP contribution is 2.26. The zero-order valence-corrected chi connectivity index (χ0v) is 14.0. The molecular weight excluding hydrogens is 314 g/mol. The van der Waals surface area contributed by atoms with Gasteiger partial charge in [0.15, 0.2) is 0 Å². The van der Waals surface area contributed by atoms with Crippen molar-refractivity contribution in [1.29, 1.82) is 0 Å². The Hall–Kier alpha value is -2.41. The molecular formula is C17H23NO6. The first-order valence-electron chi connectivity index (χ1n) is 7.69. The van der Waals surface area contributed by atoms with Crippen LogP contribution < -0.4 is 5.32 Å². The first-order chi connectivity index (χ1) is 11.4. The number of carboxylic acids is 1. The highest BCUT2D eigenvalue weighted by Gasteiger charge is 2.36. The molecule has 1 aromatic rings. The fraction of sp³-hybridized carbons (Fsp3) is 0.471. The third-order valence-corrected chi connectivity index (χ3v) is 4.09. The number of carbonyl (C=O) groups excluding carboxylic acids is 2. The van der Waals surface area contributed by atoms with Gasteiger partial charge in [-0.25, -0.2) is 4.79 Å². The molecule has 0 saturated heterocycles. The summed E-state index contributed by atoms with van der Waals surface area (Å²) in [5, 5.41) is 21.3. The summed E-state index contributed by atoms with van der Waals surface area (Å²) in [6.07, 6.45) is 0.434. The van der Waals surface area contributed by atoms with E-state index in [0.717, 1.165) is 0 Å². The minimum Gasteiger partial charge on any atom is -0.481 e. The van der Waals surface area contributed by atoms with Gasteiger partial charge in [-0.05, 0) is 18.1 Å². The molecule has 0 aliphatic rings. The number of amides is 1. The second-order valence-corrected chi connectivity index (χ2v) is 5.53. The minimum atomic E-state index is -1.14. The minimum absolute atomic E-state index is 0.182. The lowest BCUT2D eigenvalue weighted by Crippen LogP contribution is -2.38. The number of carboxylic acid groups (broad SMARTS) is 1. The first-order valence-corrected chi connectivity index (χ1v) is 7.69. The smallest absolute Gasteiger partial charge is 0.339 e. The number of rotatable bonds is 8. The summed E-state index contributed by atoms with van der Waals surface area (Å²) < 4.78 is 4.66. The van der Waals surface area contributed by atoms with Crippen LogP contribution in [0, 0.1) is 17.8 Å². The molecule has 132 valence electrons. The SMILES string of the molecule is CCC(CO)C(C(=O)O)C(C)C(=O)Nc1ccccc1C(=O)OC. The number of aliphatic hydroxyl groups excluding tert-OH is 1. The van der Waals surface area contributed by atoms with Crippen LogP contribution >= 0.6 is 0 Å². The maximum absolute atomic E-state index is 12.4. The quantitative estimate of drug-likeness (QED) is 0.623. The van der Waals surface area contributed by atoms with Gasteiger partial charge in [0.25, 0.3) is 0 Å². The largest absolute Gasteiger partial charge is 0.481 e. The van der Waals surface area contributed by atoms with Gasteiger partial charge < -0.3 is 20.3 Å². The van der Waals surface area contributed by atoms with Crippen LogP contribution in [0.25, 0.3) is 0 Å². The van der Waals surface area contributed by atoms with E-state index in [1.54, 1.807) is 19.1 Å². The number of carbonyl (C=O) groups is 3. The summed E-state index contributed by atoms with van der Waals surface area (Å²) in [6, 6.07) is 6.31. The summed E-state index contributed by atoms with van der Waals surface area (Å²) in [5.41, 5.74) is 0.434. The van der Waals surface area contributed by atoms with E-state index in [9.17, 15) is 24.6 Å². The third kappa shape index (κ3) is 4.55. The predicted octanol–water partition coefficient (Wildman–Crippen LogP) is 1.77. The molecule has 0 aliphatic carbocycles. The van der Waals surface area contributed by atoms with Crippen LogP contribution in [0.4, 0.5) is 5.69 Å². The van der Waals surface area contributed by atoms with Crippen molar-refractivity contribution in [2.75, 3.05) is 19.0 Å². The van der Waals surface area contributed by atoms with Gasteiger partial charge in [-0.2, -0.15) is 0 Å². The molecule has 0 radical (unpaired) electrons. The van der Waals surface area contributed by atoms with Gasteiger partial charge in [0.2, 0.25) is 5.91 Å². The fourth-order valence-corrected chi connectivity index (χ4v) is 2.61. The zero-order valence-electron chi connectivity index (χ0n) is 14.0. The van der Waals surface area contributed by atoms with E-state index in [2.05, 4.69) is 10.1 Å². The number of hydrogen-bond donors (Lipinski definition) is 3. The van der Waals surface area contributed by atoms with Crippen LogP contribution in [-0.2, 0) is 14.3 Å². The molecule has 0 spiro atoms. The maximum atomic E-state index is 12.4. The molecule has 24 heavy (non-hydrogen) atoms. The molecule has 3 atom stereocenters. The lowest BCUT2D eigenvalue weighted by Gasteiger charge is -2.26. The Labute approximate surface area is 140 Å². The number of aliphatic hydroxyl groups is 1. The Morgan fingerprint density at radius 1 is 1.25 bits per heavy atom. The summed E-state index contributed by atoms with van der Waals surface area (Å²) >= 11 is 0. The van der Waals surface area contributed by atoms with Crippen LogP contribution in [0.3, 0.4) is 0 Å². The number of nitrogens with one attached hydrogen (secondary N) is 1. The van der Waals surface area contributed by atoms with Crippen LogP contribution in [0.15, 0.2) is 24.3 Å². The lowest BCUT2D eigenvalue weighted by atomic mass is 9.81. The molecule has 0 aliphatic heterocycles. The number of aliphatic carboxylic acids is 1. The van der Waals surface area contributed by atoms with Crippen LogP contribution in [-0.4, -0.2) is 41.8 Å². The summed E-state index contributed by atoms with van der Waals surface area (Å²) in [5.74, 6) is -4.71. The van der Waals surface area contributed by atoms with Crippen molar-refractivity contribution in [2.24, 2.45) is 17.8 Å². The molecule has 3 N–H and O–H groups in total. The number of ether oxygens (including phenoxy) is 1. The van der Waals surface area contributed by atoms with Crippen LogP contribution in [0.5, 0.6) is 0 Å². The molecule has 3 unspecified atom stereocenters. The molecule has 1 aromatic carbocycles. The van der Waals surface area contributed by atoms with Crippen LogP contribution in [0.2, 0.25) is 0 Å². The number of hydrogen-bond acceptors (Lipinski definition) is 5. The molecule has 7 nitrogen and oxygen atoms in total. The summed E-state index contributed by atoms with van der Waals surface area (Å²) in [4.78, 5) is 35.7. The van der Waals surface area contributed by atoms with Gasteiger partial charge in [0.1, 0.15) is 0 Å². The standard InChI is InChI=1S/C17H23NO6/c1-4-11(9-19)14(16(21)22)10(2)15(20)18-13-8-6-5-7-12(13)17(23)24-3/h5-8,10-11,14,19H,4,9H2,1-3H3,(H,18,20)(H,21,22). The average molecular weight is 337 g/mol. The monoisotopic (exact) mass is 337 g/mol. The number of anilines is 1. The maximum Gasteiger partial charge on any atom is 0.339 e. The van der Waals surface area contributed by atoms with Crippen molar-refractivity contribution in [3.63, 3.8) is 0 Å². The van der Waals surface area contributed by atoms with Crippen molar-refractivity contribution >= 4 is 23.5 Å². The molecule has 0 fully saturated rings. The number of esters is 1. The van der Waals surface area contributed by atoms with E-state index < -0.39 is 35.6 Å². The van der Waals surface area contributed by atoms with Crippen molar-refractivity contribution in [2.45, 2.75) is 20.3 Å². The highest BCUT2D eigenvalue weighted by molar-refractivity contribution is 6.02. The Morgan fingerprint density at radius 2 is 1.88 bits per heavy atom. The van der Waals surface area contributed by atoms with Gasteiger partial charge in [-0.1, -0.05) is 32.4 Å². The van der Waals surface area contributed by atoms with Crippen molar-refractivity contribution in [3.8, 4) is 0 Å². The molecule has 0 saturated carbocycles. The third-order valence-electron chi connectivity index (χ3n) is 4.09. The predicted molar refractivity (Wildman–Crippen MR) is 87.6 cm³/mol. The Balaban J connectivity index is 3.02. The highest BCUT2D eigenvalue weighted by atomic mass is 16.5. The number of methoxy groups -OCH3 is 1. The molecule has 0 aromatic heterocycles. The normalized spacial score (nSPS) is 14.3.